The van der Waals surface area contributed by atoms with Crippen molar-refractivity contribution in [2.45, 2.75) is 58.4 Å². The molecule has 4 fully saturated rings. The predicted molar refractivity (Wildman–Crippen MR) is 84.4 cm³/mol. The van der Waals surface area contributed by atoms with Crippen molar-refractivity contribution >= 4 is 17.4 Å². The van der Waals surface area contributed by atoms with Crippen LogP contribution >= 0.6 is 11.5 Å². The van der Waals surface area contributed by atoms with Gasteiger partial charge >= 0.3 is 0 Å². The summed E-state index contributed by atoms with van der Waals surface area (Å²) in [6.45, 7) is 4.22. The Labute approximate surface area is 130 Å². The van der Waals surface area contributed by atoms with E-state index in [9.17, 15) is 4.79 Å². The van der Waals surface area contributed by atoms with Crippen molar-refractivity contribution in [3.8, 4) is 0 Å². The number of hydrogen-bond donors (Lipinski definition) is 1. The predicted octanol–water partition coefficient (Wildman–Crippen LogP) is 3.79. The van der Waals surface area contributed by atoms with Gasteiger partial charge in [0, 0.05) is 10.9 Å². The van der Waals surface area contributed by atoms with Crippen LogP contribution in [0.25, 0.3) is 0 Å². The van der Waals surface area contributed by atoms with Crippen LogP contribution in [0.15, 0.2) is 6.07 Å². The third-order valence-corrected chi connectivity index (χ3v) is 6.91. The maximum atomic E-state index is 12.4. The lowest BCUT2D eigenvalue weighted by atomic mass is 9.48. The smallest absolute Gasteiger partial charge is 0.271 e. The highest BCUT2D eigenvalue weighted by atomic mass is 32.1. The second-order valence-corrected chi connectivity index (χ2v) is 8.81. The van der Waals surface area contributed by atoms with Crippen molar-refractivity contribution in [2.75, 3.05) is 0 Å². The molecule has 5 rings (SSSR count). The molecule has 4 saturated carbocycles. The van der Waals surface area contributed by atoms with Crippen molar-refractivity contribution < 1.29 is 4.79 Å². The van der Waals surface area contributed by atoms with Gasteiger partial charge in [-0.05, 0) is 93.1 Å². The van der Waals surface area contributed by atoms with Crippen molar-refractivity contribution in [2.24, 2.45) is 23.2 Å². The molecule has 3 nitrogen and oxygen atoms in total. The summed E-state index contributed by atoms with van der Waals surface area (Å²) in [5.41, 5.74) is 0.962. The summed E-state index contributed by atoms with van der Waals surface area (Å²) in [6, 6.07) is 2.17. The first-order valence-electron chi connectivity index (χ1n) is 8.28. The molecule has 1 N–H and O–H groups in total. The van der Waals surface area contributed by atoms with E-state index < -0.39 is 0 Å². The Morgan fingerprint density at radius 3 is 2.33 bits per heavy atom. The minimum absolute atomic E-state index is 0.0163. The van der Waals surface area contributed by atoms with E-state index in [-0.39, 0.29) is 11.9 Å². The Bertz CT molecular complexity index is 530. The van der Waals surface area contributed by atoms with Gasteiger partial charge in [0.2, 0.25) is 0 Å². The molecule has 0 aliphatic heterocycles. The first-order chi connectivity index (χ1) is 10.0. The topological polar surface area (TPSA) is 42.0 Å². The van der Waals surface area contributed by atoms with Gasteiger partial charge in [-0.15, -0.1) is 0 Å². The second kappa shape index (κ2) is 4.80. The molecule has 1 aromatic rings. The van der Waals surface area contributed by atoms with Crippen LogP contribution in [0.3, 0.4) is 0 Å². The number of aryl methyl sites for hydroxylation is 1. The van der Waals surface area contributed by atoms with Gasteiger partial charge < -0.3 is 5.32 Å². The third kappa shape index (κ3) is 2.32. The summed E-state index contributed by atoms with van der Waals surface area (Å²) in [6.07, 6.45) is 8.34. The maximum Gasteiger partial charge on any atom is 0.271 e. The molecule has 4 heteroatoms. The molecule has 4 bridgehead atoms. The molecular formula is C17H24N2OS. The molecule has 0 aromatic carbocycles. The molecule has 1 heterocycles. The normalized spacial score (nSPS) is 38.5. The van der Waals surface area contributed by atoms with Crippen LogP contribution in [0, 0.1) is 30.1 Å². The minimum Gasteiger partial charge on any atom is -0.348 e. The molecule has 0 saturated heterocycles. The van der Waals surface area contributed by atoms with Crippen LogP contribution in [-0.2, 0) is 0 Å². The van der Waals surface area contributed by atoms with Crippen molar-refractivity contribution in [1.29, 1.82) is 0 Å². The highest BCUT2D eigenvalue weighted by Crippen LogP contribution is 2.61. The van der Waals surface area contributed by atoms with Crippen LogP contribution in [0.4, 0.5) is 0 Å². The van der Waals surface area contributed by atoms with E-state index in [0.717, 1.165) is 22.6 Å². The molecule has 4 aliphatic rings. The fraction of sp³-hybridized carbons (Fsp3) is 0.765. The molecule has 0 radical (unpaired) electrons. The van der Waals surface area contributed by atoms with Gasteiger partial charge in [-0.2, -0.15) is 4.37 Å². The average molecular weight is 304 g/mol. The zero-order chi connectivity index (χ0) is 14.6. The number of hydrogen-bond acceptors (Lipinski definition) is 3. The summed E-state index contributed by atoms with van der Waals surface area (Å²) < 4.78 is 4.24. The number of nitrogens with zero attached hydrogens (tertiary/aromatic N) is 1. The lowest BCUT2D eigenvalue weighted by molar-refractivity contribution is -0.0688. The molecule has 114 valence electrons. The fourth-order valence-electron chi connectivity index (χ4n) is 5.61. The van der Waals surface area contributed by atoms with E-state index in [0.29, 0.717) is 11.1 Å². The van der Waals surface area contributed by atoms with Crippen LogP contribution in [0.1, 0.15) is 60.8 Å². The van der Waals surface area contributed by atoms with Crippen LogP contribution < -0.4 is 5.32 Å². The van der Waals surface area contributed by atoms with Gasteiger partial charge in [0.05, 0.1) is 0 Å². The first-order valence-corrected chi connectivity index (χ1v) is 9.05. The maximum absolute atomic E-state index is 12.4. The van der Waals surface area contributed by atoms with Gasteiger partial charge in [-0.1, -0.05) is 0 Å². The van der Waals surface area contributed by atoms with Crippen molar-refractivity contribution in [1.82, 2.24) is 9.69 Å². The average Bonchev–Trinajstić information content (AvgIpc) is 2.84. The highest BCUT2D eigenvalue weighted by Gasteiger charge is 2.53. The van der Waals surface area contributed by atoms with E-state index in [4.69, 9.17) is 0 Å². The Kier molecular flexibility index (Phi) is 3.14. The van der Waals surface area contributed by atoms with Crippen molar-refractivity contribution in [3.05, 3.63) is 16.6 Å². The Hall–Kier alpha value is -0.900. The second-order valence-electron chi connectivity index (χ2n) is 7.80. The zero-order valence-electron chi connectivity index (χ0n) is 12.9. The summed E-state index contributed by atoms with van der Waals surface area (Å²) in [5, 5.41) is 3.27. The molecule has 1 amide bonds. The van der Waals surface area contributed by atoms with E-state index >= 15 is 0 Å². The van der Waals surface area contributed by atoms with Gasteiger partial charge in [-0.3, -0.25) is 4.79 Å². The van der Waals surface area contributed by atoms with E-state index in [1.165, 1.54) is 50.1 Å². The van der Waals surface area contributed by atoms with Crippen LogP contribution in [0.5, 0.6) is 0 Å². The van der Waals surface area contributed by atoms with Gasteiger partial charge in [0.1, 0.15) is 5.69 Å². The molecule has 1 atom stereocenters. The SMILES string of the molecule is Cc1cc(C(=O)NC(C)C23CC4CC(CC(C4)C2)C3)ns1. The molecular weight excluding hydrogens is 280 g/mol. The van der Waals surface area contributed by atoms with Crippen molar-refractivity contribution in [3.63, 3.8) is 0 Å². The largest absolute Gasteiger partial charge is 0.348 e. The Morgan fingerprint density at radius 2 is 1.86 bits per heavy atom. The fourth-order valence-corrected chi connectivity index (χ4v) is 6.15. The van der Waals surface area contributed by atoms with Gasteiger partial charge in [0.15, 0.2) is 0 Å². The van der Waals surface area contributed by atoms with Crippen LogP contribution in [0.2, 0.25) is 0 Å². The lowest BCUT2D eigenvalue weighted by Gasteiger charge is -2.59. The summed E-state index contributed by atoms with van der Waals surface area (Å²) >= 11 is 1.41. The minimum atomic E-state index is 0.0163. The molecule has 0 spiro atoms. The molecule has 4 aliphatic carbocycles. The summed E-state index contributed by atoms with van der Waals surface area (Å²) in [4.78, 5) is 13.5. The lowest BCUT2D eigenvalue weighted by Crippen LogP contribution is -2.55. The standard InChI is InChI=1S/C17H24N2OS/c1-10-3-15(19-21-10)16(20)18-11(2)17-7-12-4-13(8-17)6-14(5-12)9-17/h3,11-14H,4-9H2,1-2H3,(H,18,20). The highest BCUT2D eigenvalue weighted by molar-refractivity contribution is 7.05. The number of carbonyl (C=O) groups is 1. The summed E-state index contributed by atoms with van der Waals surface area (Å²) in [5.74, 6) is 2.80. The van der Waals surface area contributed by atoms with E-state index in [1.54, 1.807) is 0 Å². The number of nitrogens with one attached hydrogen (secondary N) is 1. The molecule has 1 aromatic heterocycles. The van der Waals surface area contributed by atoms with Gasteiger partial charge in [0.25, 0.3) is 5.91 Å². The number of aromatic nitrogens is 1. The van der Waals surface area contributed by atoms with E-state index in [2.05, 4.69) is 16.6 Å². The number of carbonyl (C=O) groups excluding carboxylic acids is 1. The third-order valence-electron chi connectivity index (χ3n) is 6.21. The monoisotopic (exact) mass is 304 g/mol. The molecule has 1 unspecified atom stereocenters. The van der Waals surface area contributed by atoms with Gasteiger partial charge in [-0.25, -0.2) is 0 Å². The van der Waals surface area contributed by atoms with E-state index in [1.807, 2.05) is 13.0 Å². The summed E-state index contributed by atoms with van der Waals surface area (Å²) in [7, 11) is 0. The number of rotatable bonds is 3. The molecule has 21 heavy (non-hydrogen) atoms. The zero-order valence-corrected chi connectivity index (χ0v) is 13.7. The van der Waals surface area contributed by atoms with Crippen LogP contribution in [-0.4, -0.2) is 16.3 Å². The number of amides is 1. The Morgan fingerprint density at radius 1 is 1.29 bits per heavy atom. The quantitative estimate of drug-likeness (QED) is 0.923. The first kappa shape index (κ1) is 13.7. The Balaban J connectivity index is 1.50.